The molecular weight excluding hydrogens is 256 g/mol. The highest BCUT2D eigenvalue weighted by Crippen LogP contribution is 2.12. The molecule has 0 saturated carbocycles. The van der Waals surface area contributed by atoms with Crippen LogP contribution in [0.2, 0.25) is 0 Å². The Hall–Kier alpha value is -1.59. The normalized spacial score (nSPS) is 19.8. The number of likely N-dealkylation sites (N-methyl/N-ethyl adjacent to an activating group) is 1. The molecule has 0 amide bonds. The molecule has 1 saturated heterocycles. The third-order valence-electron chi connectivity index (χ3n) is 3.49. The molecule has 1 unspecified atom stereocenters. The van der Waals surface area contributed by atoms with E-state index in [4.69, 9.17) is 15.2 Å². The van der Waals surface area contributed by atoms with Crippen LogP contribution in [0.5, 0.6) is 0 Å². The van der Waals surface area contributed by atoms with Crippen LogP contribution in [0.3, 0.4) is 0 Å². The van der Waals surface area contributed by atoms with E-state index >= 15 is 0 Å². The summed E-state index contributed by atoms with van der Waals surface area (Å²) in [6, 6.07) is 7.33. The standard InChI is InChI=1S/C15H22N2O3/c1-2-17-7-8-19-13(10-17)11-20-15(18)9-12-5-3-4-6-14(12)16/h3-6,13H,2,7-11,16H2,1H3. The number of ether oxygens (including phenoxy) is 2. The Balaban J connectivity index is 1.76. The highest BCUT2D eigenvalue weighted by Gasteiger charge is 2.20. The number of nitrogens with two attached hydrogens (primary N) is 1. The fourth-order valence-electron chi connectivity index (χ4n) is 2.26. The first-order valence-corrected chi connectivity index (χ1v) is 7.02. The molecule has 1 aromatic rings. The smallest absolute Gasteiger partial charge is 0.310 e. The molecule has 1 aliphatic rings. The van der Waals surface area contributed by atoms with Gasteiger partial charge in [-0.1, -0.05) is 25.1 Å². The Kier molecular flexibility index (Phi) is 5.38. The lowest BCUT2D eigenvalue weighted by Gasteiger charge is -2.31. The van der Waals surface area contributed by atoms with Gasteiger partial charge in [0.15, 0.2) is 0 Å². The highest BCUT2D eigenvalue weighted by atomic mass is 16.6. The largest absolute Gasteiger partial charge is 0.463 e. The second-order valence-electron chi connectivity index (χ2n) is 4.94. The molecule has 0 aliphatic carbocycles. The molecule has 0 spiro atoms. The first kappa shape index (κ1) is 14.8. The van der Waals surface area contributed by atoms with Crippen molar-refractivity contribution >= 4 is 11.7 Å². The minimum atomic E-state index is -0.264. The average molecular weight is 278 g/mol. The molecule has 0 aromatic heterocycles. The van der Waals surface area contributed by atoms with Gasteiger partial charge < -0.3 is 15.2 Å². The number of hydrogen-bond acceptors (Lipinski definition) is 5. The highest BCUT2D eigenvalue weighted by molar-refractivity contribution is 5.74. The SMILES string of the molecule is CCN1CCOC(COC(=O)Cc2ccccc2N)C1. The molecule has 110 valence electrons. The van der Waals surface area contributed by atoms with Crippen molar-refractivity contribution in [1.29, 1.82) is 0 Å². The van der Waals surface area contributed by atoms with Crippen molar-refractivity contribution in [3.8, 4) is 0 Å². The molecule has 0 radical (unpaired) electrons. The van der Waals surface area contributed by atoms with Crippen LogP contribution < -0.4 is 5.73 Å². The molecule has 5 nitrogen and oxygen atoms in total. The van der Waals surface area contributed by atoms with Crippen molar-refractivity contribution in [2.24, 2.45) is 0 Å². The maximum Gasteiger partial charge on any atom is 0.310 e. The Morgan fingerprint density at radius 2 is 2.30 bits per heavy atom. The third-order valence-corrected chi connectivity index (χ3v) is 3.49. The summed E-state index contributed by atoms with van der Waals surface area (Å²) < 4.78 is 10.9. The molecule has 2 rings (SSSR count). The van der Waals surface area contributed by atoms with Crippen LogP contribution in [0.4, 0.5) is 5.69 Å². The zero-order valence-electron chi connectivity index (χ0n) is 11.9. The van der Waals surface area contributed by atoms with Gasteiger partial charge in [-0.3, -0.25) is 9.69 Å². The van der Waals surface area contributed by atoms with Crippen molar-refractivity contribution in [3.63, 3.8) is 0 Å². The van der Waals surface area contributed by atoms with E-state index in [0.29, 0.717) is 18.9 Å². The number of nitrogen functional groups attached to an aromatic ring is 1. The lowest BCUT2D eigenvalue weighted by Crippen LogP contribution is -2.44. The van der Waals surface area contributed by atoms with Gasteiger partial charge >= 0.3 is 5.97 Å². The number of anilines is 1. The van der Waals surface area contributed by atoms with Crippen LogP contribution in [0.15, 0.2) is 24.3 Å². The second kappa shape index (κ2) is 7.26. The topological polar surface area (TPSA) is 64.8 Å². The van der Waals surface area contributed by atoms with E-state index in [9.17, 15) is 4.79 Å². The number of hydrogen-bond donors (Lipinski definition) is 1. The van der Waals surface area contributed by atoms with Crippen LogP contribution in [0.1, 0.15) is 12.5 Å². The maximum absolute atomic E-state index is 11.8. The summed E-state index contributed by atoms with van der Waals surface area (Å²) >= 11 is 0. The molecule has 2 N–H and O–H groups in total. The van der Waals surface area contributed by atoms with Crippen molar-refractivity contribution in [1.82, 2.24) is 4.90 Å². The Morgan fingerprint density at radius 1 is 1.50 bits per heavy atom. The summed E-state index contributed by atoms with van der Waals surface area (Å²) in [5, 5.41) is 0. The van der Waals surface area contributed by atoms with E-state index in [1.54, 1.807) is 6.07 Å². The van der Waals surface area contributed by atoms with Crippen molar-refractivity contribution in [2.45, 2.75) is 19.4 Å². The molecule has 1 aromatic carbocycles. The first-order chi connectivity index (χ1) is 9.69. The number of carbonyl (C=O) groups excluding carboxylic acids is 1. The molecular formula is C15H22N2O3. The van der Waals surface area contributed by atoms with Gasteiger partial charge in [-0.05, 0) is 18.2 Å². The fraction of sp³-hybridized carbons (Fsp3) is 0.533. The number of rotatable bonds is 5. The zero-order valence-corrected chi connectivity index (χ0v) is 11.9. The number of para-hydroxylation sites is 1. The van der Waals surface area contributed by atoms with E-state index in [-0.39, 0.29) is 18.5 Å². The van der Waals surface area contributed by atoms with E-state index in [1.165, 1.54) is 0 Å². The number of benzene rings is 1. The Labute approximate surface area is 119 Å². The average Bonchev–Trinajstić information content (AvgIpc) is 2.48. The number of morpholine rings is 1. The summed E-state index contributed by atoms with van der Waals surface area (Å²) in [5.74, 6) is -0.264. The van der Waals surface area contributed by atoms with Gasteiger partial charge in [0.1, 0.15) is 12.7 Å². The molecule has 1 atom stereocenters. The molecule has 1 fully saturated rings. The van der Waals surface area contributed by atoms with Gasteiger partial charge in [-0.15, -0.1) is 0 Å². The predicted molar refractivity (Wildman–Crippen MR) is 77.4 cm³/mol. The number of carbonyl (C=O) groups is 1. The fourth-order valence-corrected chi connectivity index (χ4v) is 2.26. The summed E-state index contributed by atoms with van der Waals surface area (Å²) in [5.41, 5.74) is 7.23. The molecule has 20 heavy (non-hydrogen) atoms. The van der Waals surface area contributed by atoms with Crippen LogP contribution in [0.25, 0.3) is 0 Å². The van der Waals surface area contributed by atoms with E-state index in [0.717, 1.165) is 25.2 Å². The van der Waals surface area contributed by atoms with E-state index < -0.39 is 0 Å². The van der Waals surface area contributed by atoms with Crippen molar-refractivity contribution in [2.75, 3.05) is 38.6 Å². The summed E-state index contributed by atoms with van der Waals surface area (Å²) in [4.78, 5) is 14.1. The Bertz CT molecular complexity index is 450. The van der Waals surface area contributed by atoms with Crippen molar-refractivity contribution < 1.29 is 14.3 Å². The molecule has 0 bridgehead atoms. The van der Waals surface area contributed by atoms with Gasteiger partial charge in [0.25, 0.3) is 0 Å². The summed E-state index contributed by atoms with van der Waals surface area (Å²) in [6.07, 6.45) is 0.178. The lowest BCUT2D eigenvalue weighted by molar-refractivity contribution is -0.149. The molecule has 5 heteroatoms. The molecule has 1 heterocycles. The van der Waals surface area contributed by atoms with Crippen LogP contribution in [-0.4, -0.2) is 49.8 Å². The minimum absolute atomic E-state index is 0.0271. The summed E-state index contributed by atoms with van der Waals surface area (Å²) in [6.45, 7) is 5.88. The Morgan fingerprint density at radius 3 is 3.05 bits per heavy atom. The summed E-state index contributed by atoms with van der Waals surface area (Å²) in [7, 11) is 0. The van der Waals surface area contributed by atoms with Gasteiger partial charge in [-0.2, -0.15) is 0 Å². The van der Waals surface area contributed by atoms with Gasteiger partial charge in [0.2, 0.25) is 0 Å². The maximum atomic E-state index is 11.8. The predicted octanol–water partition coefficient (Wildman–Crippen LogP) is 1.08. The minimum Gasteiger partial charge on any atom is -0.463 e. The van der Waals surface area contributed by atoms with Crippen molar-refractivity contribution in [3.05, 3.63) is 29.8 Å². The second-order valence-corrected chi connectivity index (χ2v) is 4.94. The van der Waals surface area contributed by atoms with E-state index in [2.05, 4.69) is 11.8 Å². The zero-order chi connectivity index (χ0) is 14.4. The van der Waals surface area contributed by atoms with Crippen LogP contribution in [-0.2, 0) is 20.7 Å². The number of esters is 1. The first-order valence-electron chi connectivity index (χ1n) is 7.02. The van der Waals surface area contributed by atoms with Gasteiger partial charge in [-0.25, -0.2) is 0 Å². The lowest BCUT2D eigenvalue weighted by atomic mass is 10.1. The van der Waals surface area contributed by atoms with Crippen LogP contribution >= 0.6 is 0 Å². The van der Waals surface area contributed by atoms with E-state index in [1.807, 2.05) is 18.2 Å². The van der Waals surface area contributed by atoms with Crippen LogP contribution in [0, 0.1) is 0 Å². The molecule has 1 aliphatic heterocycles. The monoisotopic (exact) mass is 278 g/mol. The number of nitrogens with zero attached hydrogens (tertiary/aromatic N) is 1. The quantitative estimate of drug-likeness (QED) is 0.645. The third kappa shape index (κ3) is 4.21. The van der Waals surface area contributed by atoms with Gasteiger partial charge in [0.05, 0.1) is 13.0 Å². The van der Waals surface area contributed by atoms with Gasteiger partial charge in [0, 0.05) is 18.8 Å².